The monoisotopic (exact) mass is 243 g/mol. The Balaban J connectivity index is 2.17. The fraction of sp³-hybridized carbons (Fsp3) is 0.133. The molecule has 92 valence electrons. The third-order valence-corrected chi connectivity index (χ3v) is 2.78. The molecule has 0 aliphatic rings. The maximum Gasteiger partial charge on any atom is 0.224 e. The number of rotatable bonds is 3. The molecule has 0 fully saturated rings. The molecule has 2 rings (SSSR count). The van der Waals surface area contributed by atoms with Crippen molar-refractivity contribution in [2.45, 2.75) is 6.42 Å². The van der Waals surface area contributed by atoms with E-state index in [1.807, 2.05) is 24.3 Å². The van der Waals surface area contributed by atoms with E-state index in [0.29, 0.717) is 6.42 Å². The Morgan fingerprint density at radius 2 is 1.50 bits per heavy atom. The summed E-state index contributed by atoms with van der Waals surface area (Å²) >= 11 is 0. The summed E-state index contributed by atoms with van der Waals surface area (Å²) in [5.41, 5.74) is 2.93. The van der Waals surface area contributed by atoms with Crippen molar-refractivity contribution in [3.63, 3.8) is 0 Å². The fourth-order valence-electron chi connectivity index (χ4n) is 1.73. The van der Waals surface area contributed by atoms with E-state index in [2.05, 4.69) is 5.32 Å². The van der Waals surface area contributed by atoms with Gasteiger partial charge in [-0.3, -0.25) is 4.79 Å². The average molecular weight is 243 g/mol. The highest BCUT2D eigenvalue weighted by Crippen LogP contribution is 2.20. The molecule has 3 heteroatoms. The van der Waals surface area contributed by atoms with Gasteiger partial charge in [-0.1, -0.05) is 36.4 Å². The van der Waals surface area contributed by atoms with Crippen LogP contribution >= 0.6 is 0 Å². The van der Waals surface area contributed by atoms with E-state index in [9.17, 15) is 9.18 Å². The maximum atomic E-state index is 12.8. The molecular formula is C15H14FNO. The lowest BCUT2D eigenvalue weighted by molar-refractivity contribution is -0.119. The number of carbonyl (C=O) groups is 1. The van der Waals surface area contributed by atoms with Gasteiger partial charge in [0.25, 0.3) is 0 Å². The van der Waals surface area contributed by atoms with Crippen LogP contribution < -0.4 is 5.32 Å². The Bertz CT molecular complexity index is 531. The molecular weight excluding hydrogens is 229 g/mol. The molecule has 0 unspecified atom stereocenters. The van der Waals surface area contributed by atoms with Crippen LogP contribution in [0.1, 0.15) is 5.56 Å². The molecule has 0 bridgehead atoms. The van der Waals surface area contributed by atoms with Crippen LogP contribution in [0.2, 0.25) is 0 Å². The summed E-state index contributed by atoms with van der Waals surface area (Å²) in [6.07, 6.45) is 0.375. The molecule has 0 aromatic heterocycles. The lowest BCUT2D eigenvalue weighted by atomic mass is 10.0. The zero-order chi connectivity index (χ0) is 13.0. The smallest absolute Gasteiger partial charge is 0.224 e. The van der Waals surface area contributed by atoms with Gasteiger partial charge in [0.2, 0.25) is 5.91 Å². The summed E-state index contributed by atoms with van der Waals surface area (Å²) in [7, 11) is 1.62. The standard InChI is InChI=1S/C15H14FNO/c1-17-15(18)10-11-2-4-12(5-3-11)13-6-8-14(16)9-7-13/h2-9H,10H2,1H3,(H,17,18). The van der Waals surface area contributed by atoms with Gasteiger partial charge in [-0.05, 0) is 28.8 Å². The van der Waals surface area contributed by atoms with Crippen molar-refractivity contribution in [3.05, 3.63) is 59.9 Å². The van der Waals surface area contributed by atoms with Gasteiger partial charge in [-0.25, -0.2) is 4.39 Å². The van der Waals surface area contributed by atoms with E-state index in [-0.39, 0.29) is 11.7 Å². The lowest BCUT2D eigenvalue weighted by Gasteiger charge is -2.04. The molecule has 0 saturated heterocycles. The minimum absolute atomic E-state index is 0.00969. The SMILES string of the molecule is CNC(=O)Cc1ccc(-c2ccc(F)cc2)cc1. The number of carbonyl (C=O) groups excluding carboxylic acids is 1. The van der Waals surface area contributed by atoms with Crippen molar-refractivity contribution < 1.29 is 9.18 Å². The fourth-order valence-corrected chi connectivity index (χ4v) is 1.73. The number of hydrogen-bond donors (Lipinski definition) is 1. The molecule has 2 aromatic carbocycles. The molecule has 0 atom stereocenters. The van der Waals surface area contributed by atoms with Gasteiger partial charge in [0.15, 0.2) is 0 Å². The van der Waals surface area contributed by atoms with Crippen molar-refractivity contribution in [2.75, 3.05) is 7.05 Å². The molecule has 2 aromatic rings. The Hall–Kier alpha value is -2.16. The first kappa shape index (κ1) is 12.3. The first-order valence-corrected chi connectivity index (χ1v) is 5.74. The van der Waals surface area contributed by atoms with Gasteiger partial charge in [-0.15, -0.1) is 0 Å². The topological polar surface area (TPSA) is 29.1 Å². The van der Waals surface area contributed by atoms with Crippen molar-refractivity contribution in [3.8, 4) is 11.1 Å². The van der Waals surface area contributed by atoms with E-state index in [4.69, 9.17) is 0 Å². The van der Waals surface area contributed by atoms with Crippen LogP contribution in [0, 0.1) is 5.82 Å². The van der Waals surface area contributed by atoms with E-state index in [1.165, 1.54) is 12.1 Å². The summed E-state index contributed by atoms with van der Waals surface area (Å²) in [5.74, 6) is -0.250. The van der Waals surface area contributed by atoms with E-state index in [1.54, 1.807) is 19.2 Å². The number of likely N-dealkylation sites (N-methyl/N-ethyl adjacent to an activating group) is 1. The normalized spacial score (nSPS) is 10.1. The summed E-state index contributed by atoms with van der Waals surface area (Å²) in [5, 5.41) is 2.59. The molecule has 0 aliphatic carbocycles. The summed E-state index contributed by atoms with van der Waals surface area (Å²) in [4.78, 5) is 11.2. The number of nitrogens with one attached hydrogen (secondary N) is 1. The summed E-state index contributed by atoms with van der Waals surface area (Å²) in [6.45, 7) is 0. The van der Waals surface area contributed by atoms with Crippen LogP contribution in [0.15, 0.2) is 48.5 Å². The van der Waals surface area contributed by atoms with Crippen molar-refractivity contribution in [1.82, 2.24) is 5.32 Å². The van der Waals surface area contributed by atoms with Gasteiger partial charge in [0.05, 0.1) is 6.42 Å². The van der Waals surface area contributed by atoms with Gasteiger partial charge < -0.3 is 5.32 Å². The van der Waals surface area contributed by atoms with Crippen LogP contribution in [0.3, 0.4) is 0 Å². The number of benzene rings is 2. The minimum atomic E-state index is -0.241. The lowest BCUT2D eigenvalue weighted by Crippen LogP contribution is -2.19. The Morgan fingerprint density at radius 3 is 2.00 bits per heavy atom. The first-order valence-electron chi connectivity index (χ1n) is 5.74. The van der Waals surface area contributed by atoms with Crippen molar-refractivity contribution >= 4 is 5.91 Å². The highest BCUT2D eigenvalue weighted by Gasteiger charge is 2.02. The van der Waals surface area contributed by atoms with Gasteiger partial charge in [-0.2, -0.15) is 0 Å². The largest absolute Gasteiger partial charge is 0.359 e. The molecule has 2 nitrogen and oxygen atoms in total. The third kappa shape index (κ3) is 2.94. The highest BCUT2D eigenvalue weighted by molar-refractivity contribution is 5.78. The van der Waals surface area contributed by atoms with Gasteiger partial charge >= 0.3 is 0 Å². The zero-order valence-corrected chi connectivity index (χ0v) is 10.1. The number of halogens is 1. The predicted octanol–water partition coefficient (Wildman–Crippen LogP) is 2.78. The Kier molecular flexibility index (Phi) is 3.72. The van der Waals surface area contributed by atoms with Crippen molar-refractivity contribution in [1.29, 1.82) is 0 Å². The highest BCUT2D eigenvalue weighted by atomic mass is 19.1. The maximum absolute atomic E-state index is 12.8. The molecule has 0 aliphatic heterocycles. The second-order valence-corrected chi connectivity index (χ2v) is 4.05. The second kappa shape index (κ2) is 5.45. The Labute approximate surface area is 105 Å². The molecule has 1 amide bonds. The number of amides is 1. The molecule has 1 N–H and O–H groups in total. The van der Waals surface area contributed by atoms with Gasteiger partial charge in [0, 0.05) is 7.05 Å². The molecule has 0 spiro atoms. The van der Waals surface area contributed by atoms with Crippen LogP contribution in [-0.4, -0.2) is 13.0 Å². The van der Waals surface area contributed by atoms with Crippen LogP contribution in [0.5, 0.6) is 0 Å². The van der Waals surface area contributed by atoms with E-state index >= 15 is 0 Å². The molecule has 0 radical (unpaired) electrons. The Morgan fingerprint density at radius 1 is 1.00 bits per heavy atom. The van der Waals surface area contributed by atoms with Crippen LogP contribution in [0.25, 0.3) is 11.1 Å². The minimum Gasteiger partial charge on any atom is -0.359 e. The van der Waals surface area contributed by atoms with Crippen molar-refractivity contribution in [2.24, 2.45) is 0 Å². The van der Waals surface area contributed by atoms with Crippen LogP contribution in [-0.2, 0) is 11.2 Å². The van der Waals surface area contributed by atoms with E-state index in [0.717, 1.165) is 16.7 Å². The predicted molar refractivity (Wildman–Crippen MR) is 69.6 cm³/mol. The molecule has 0 saturated carbocycles. The zero-order valence-electron chi connectivity index (χ0n) is 10.1. The van der Waals surface area contributed by atoms with Gasteiger partial charge in [0.1, 0.15) is 5.82 Å². The average Bonchev–Trinajstić information content (AvgIpc) is 2.40. The van der Waals surface area contributed by atoms with Crippen LogP contribution in [0.4, 0.5) is 4.39 Å². The van der Waals surface area contributed by atoms with E-state index < -0.39 is 0 Å². The number of hydrogen-bond acceptors (Lipinski definition) is 1. The molecule has 18 heavy (non-hydrogen) atoms. The second-order valence-electron chi connectivity index (χ2n) is 4.05. The first-order chi connectivity index (χ1) is 8.69. The summed E-state index contributed by atoms with van der Waals surface area (Å²) in [6, 6.07) is 14.0. The quantitative estimate of drug-likeness (QED) is 0.882. The third-order valence-electron chi connectivity index (χ3n) is 2.78. The molecule has 0 heterocycles. The summed E-state index contributed by atoms with van der Waals surface area (Å²) < 4.78 is 12.8.